The number of carbonyl (C=O) groups excluding carboxylic acids is 1. The average Bonchev–Trinajstić information content (AvgIpc) is 3.06. The van der Waals surface area contributed by atoms with Gasteiger partial charge < -0.3 is 9.88 Å². The van der Waals surface area contributed by atoms with Crippen molar-refractivity contribution in [3.05, 3.63) is 17.7 Å². The molecule has 1 amide bonds. The molecule has 1 aromatic heterocycles. The van der Waals surface area contributed by atoms with Gasteiger partial charge in [-0.25, -0.2) is 4.98 Å². The van der Waals surface area contributed by atoms with Crippen LogP contribution in [0.3, 0.4) is 0 Å². The van der Waals surface area contributed by atoms with E-state index in [0.29, 0.717) is 24.8 Å². The van der Waals surface area contributed by atoms with Crippen molar-refractivity contribution in [1.29, 1.82) is 0 Å². The van der Waals surface area contributed by atoms with Gasteiger partial charge in [-0.3, -0.25) is 10.1 Å². The van der Waals surface area contributed by atoms with E-state index in [1.807, 2.05) is 4.90 Å². The smallest absolute Gasteiger partial charge is 0.240 e. The number of aromatic nitrogens is 2. The van der Waals surface area contributed by atoms with Crippen LogP contribution in [0.1, 0.15) is 31.7 Å². The van der Waals surface area contributed by atoms with Gasteiger partial charge in [0, 0.05) is 26.1 Å². The molecule has 2 aliphatic rings. The van der Waals surface area contributed by atoms with Crippen LogP contribution in [0.5, 0.6) is 0 Å². The number of aromatic amines is 1. The Bertz CT molecular complexity index is 468. The minimum atomic E-state index is -0.0956. The molecule has 0 aliphatic carbocycles. The number of imidazole rings is 1. The van der Waals surface area contributed by atoms with E-state index in [0.717, 1.165) is 30.9 Å². The first-order valence-corrected chi connectivity index (χ1v) is 7.18. The van der Waals surface area contributed by atoms with E-state index in [-0.39, 0.29) is 11.9 Å². The molecule has 1 saturated heterocycles. The zero-order valence-corrected chi connectivity index (χ0v) is 11.6. The Hall–Kier alpha value is -1.36. The molecule has 104 valence electrons. The molecule has 2 unspecified atom stereocenters. The highest BCUT2D eigenvalue weighted by molar-refractivity contribution is 5.82. The van der Waals surface area contributed by atoms with Crippen LogP contribution in [0.2, 0.25) is 0 Å². The molecule has 3 rings (SSSR count). The number of nitrogens with one attached hydrogen (secondary N) is 2. The SMILES string of the molecule is CC(C)C1CCN(C(=O)C2Cc3nc[nH]c3CN2)C1. The fourth-order valence-electron chi connectivity index (χ4n) is 3.10. The highest BCUT2D eigenvalue weighted by Gasteiger charge is 2.34. The quantitative estimate of drug-likeness (QED) is 0.833. The van der Waals surface area contributed by atoms with E-state index < -0.39 is 0 Å². The van der Waals surface area contributed by atoms with E-state index in [1.54, 1.807) is 6.33 Å². The number of rotatable bonds is 2. The molecule has 0 saturated carbocycles. The van der Waals surface area contributed by atoms with E-state index in [4.69, 9.17) is 0 Å². The van der Waals surface area contributed by atoms with Crippen LogP contribution in [0, 0.1) is 11.8 Å². The number of nitrogens with zero attached hydrogens (tertiary/aromatic N) is 2. The van der Waals surface area contributed by atoms with Crippen molar-refractivity contribution >= 4 is 5.91 Å². The van der Waals surface area contributed by atoms with Crippen molar-refractivity contribution in [2.45, 2.75) is 39.3 Å². The van der Waals surface area contributed by atoms with E-state index >= 15 is 0 Å². The van der Waals surface area contributed by atoms with Gasteiger partial charge in [-0.2, -0.15) is 0 Å². The molecular weight excluding hydrogens is 240 g/mol. The van der Waals surface area contributed by atoms with Gasteiger partial charge in [-0.05, 0) is 18.3 Å². The monoisotopic (exact) mass is 262 g/mol. The molecule has 3 heterocycles. The largest absolute Gasteiger partial charge is 0.347 e. The minimum Gasteiger partial charge on any atom is -0.347 e. The van der Waals surface area contributed by atoms with Crippen LogP contribution < -0.4 is 5.32 Å². The molecule has 2 aliphatic heterocycles. The van der Waals surface area contributed by atoms with E-state index in [2.05, 4.69) is 29.1 Å². The standard InChI is InChI=1S/C14H22N4O/c1-9(2)10-3-4-18(7-10)14(19)12-5-11-13(6-15-12)17-8-16-11/h8-10,12,15H,3-7H2,1-2H3,(H,16,17). The van der Waals surface area contributed by atoms with E-state index in [1.165, 1.54) is 0 Å². The Morgan fingerprint density at radius 2 is 2.37 bits per heavy atom. The Morgan fingerprint density at radius 1 is 1.53 bits per heavy atom. The molecule has 19 heavy (non-hydrogen) atoms. The van der Waals surface area contributed by atoms with Crippen molar-refractivity contribution < 1.29 is 4.79 Å². The molecule has 2 atom stereocenters. The first-order valence-electron chi connectivity index (χ1n) is 7.18. The summed E-state index contributed by atoms with van der Waals surface area (Å²) in [5, 5.41) is 3.32. The average molecular weight is 262 g/mol. The molecule has 0 spiro atoms. The lowest BCUT2D eigenvalue weighted by molar-refractivity contribution is -0.132. The number of hydrogen-bond acceptors (Lipinski definition) is 3. The van der Waals surface area contributed by atoms with Gasteiger partial charge in [-0.15, -0.1) is 0 Å². The number of amides is 1. The van der Waals surface area contributed by atoms with Crippen LogP contribution in [-0.4, -0.2) is 39.9 Å². The molecule has 1 fully saturated rings. The predicted molar refractivity (Wildman–Crippen MR) is 72.4 cm³/mol. The molecule has 5 heteroatoms. The van der Waals surface area contributed by atoms with Crippen LogP contribution in [-0.2, 0) is 17.8 Å². The fraction of sp³-hybridized carbons (Fsp3) is 0.714. The Labute approximate surface area is 113 Å². The van der Waals surface area contributed by atoms with Gasteiger partial charge >= 0.3 is 0 Å². The van der Waals surface area contributed by atoms with Crippen LogP contribution in [0.4, 0.5) is 0 Å². The molecule has 0 bridgehead atoms. The second kappa shape index (κ2) is 4.96. The summed E-state index contributed by atoms with van der Waals surface area (Å²) in [5.41, 5.74) is 2.15. The van der Waals surface area contributed by atoms with Gasteiger partial charge in [0.1, 0.15) is 0 Å². The second-order valence-corrected chi connectivity index (χ2v) is 6.04. The van der Waals surface area contributed by atoms with Gasteiger partial charge in [0.25, 0.3) is 0 Å². The number of H-pyrrole nitrogens is 1. The number of carbonyl (C=O) groups is 1. The summed E-state index contributed by atoms with van der Waals surface area (Å²) in [6.07, 6.45) is 3.56. The third-order valence-corrected chi connectivity index (χ3v) is 4.51. The zero-order chi connectivity index (χ0) is 13.4. The van der Waals surface area contributed by atoms with Crippen molar-refractivity contribution in [1.82, 2.24) is 20.2 Å². The zero-order valence-electron chi connectivity index (χ0n) is 11.6. The van der Waals surface area contributed by atoms with Crippen molar-refractivity contribution in [2.24, 2.45) is 11.8 Å². The van der Waals surface area contributed by atoms with Gasteiger partial charge in [0.05, 0.1) is 23.8 Å². The molecule has 0 aromatic carbocycles. The Kier molecular flexibility index (Phi) is 3.31. The van der Waals surface area contributed by atoms with Crippen LogP contribution >= 0.6 is 0 Å². The van der Waals surface area contributed by atoms with Gasteiger partial charge in [0.15, 0.2) is 0 Å². The summed E-state index contributed by atoms with van der Waals surface area (Å²) in [4.78, 5) is 22.0. The normalized spacial score (nSPS) is 26.8. The lowest BCUT2D eigenvalue weighted by Gasteiger charge is -2.27. The molecule has 2 N–H and O–H groups in total. The third kappa shape index (κ3) is 2.39. The van der Waals surface area contributed by atoms with Gasteiger partial charge in [-0.1, -0.05) is 13.8 Å². The maximum atomic E-state index is 12.5. The number of hydrogen-bond donors (Lipinski definition) is 2. The van der Waals surface area contributed by atoms with Crippen molar-refractivity contribution in [3.63, 3.8) is 0 Å². The van der Waals surface area contributed by atoms with Crippen LogP contribution in [0.15, 0.2) is 6.33 Å². The first-order chi connectivity index (χ1) is 9.15. The molecule has 5 nitrogen and oxygen atoms in total. The summed E-state index contributed by atoms with van der Waals surface area (Å²) in [6.45, 7) is 7.03. The summed E-state index contributed by atoms with van der Waals surface area (Å²) in [5.74, 6) is 1.57. The molecule has 0 radical (unpaired) electrons. The Morgan fingerprint density at radius 3 is 3.11 bits per heavy atom. The van der Waals surface area contributed by atoms with Crippen molar-refractivity contribution in [2.75, 3.05) is 13.1 Å². The van der Waals surface area contributed by atoms with Crippen LogP contribution in [0.25, 0.3) is 0 Å². The number of likely N-dealkylation sites (tertiary alicyclic amines) is 1. The first kappa shape index (κ1) is 12.7. The Balaban J connectivity index is 1.63. The molecule has 1 aromatic rings. The third-order valence-electron chi connectivity index (χ3n) is 4.51. The lowest BCUT2D eigenvalue weighted by atomic mass is 9.95. The van der Waals surface area contributed by atoms with E-state index in [9.17, 15) is 4.79 Å². The minimum absolute atomic E-state index is 0.0956. The lowest BCUT2D eigenvalue weighted by Crippen LogP contribution is -2.49. The maximum Gasteiger partial charge on any atom is 0.240 e. The fourth-order valence-corrected chi connectivity index (χ4v) is 3.10. The second-order valence-electron chi connectivity index (χ2n) is 6.04. The highest BCUT2D eigenvalue weighted by atomic mass is 16.2. The highest BCUT2D eigenvalue weighted by Crippen LogP contribution is 2.25. The topological polar surface area (TPSA) is 61.0 Å². The van der Waals surface area contributed by atoms with Gasteiger partial charge in [0.2, 0.25) is 5.91 Å². The predicted octanol–water partition coefficient (Wildman–Crippen LogP) is 0.928. The molecular formula is C14H22N4O. The number of fused-ring (bicyclic) bond motifs is 1. The summed E-state index contributed by atoms with van der Waals surface area (Å²) >= 11 is 0. The summed E-state index contributed by atoms with van der Waals surface area (Å²) < 4.78 is 0. The maximum absolute atomic E-state index is 12.5. The van der Waals surface area contributed by atoms with Crippen molar-refractivity contribution in [3.8, 4) is 0 Å². The summed E-state index contributed by atoms with van der Waals surface area (Å²) in [7, 11) is 0. The summed E-state index contributed by atoms with van der Waals surface area (Å²) in [6, 6.07) is -0.0956.